The maximum atomic E-state index is 5.70. The molecule has 0 heterocycles. The second-order valence-electron chi connectivity index (χ2n) is 3.97. The second kappa shape index (κ2) is 7.82. The van der Waals surface area contributed by atoms with Crippen LogP contribution in [-0.2, 0) is 6.42 Å². The van der Waals surface area contributed by atoms with E-state index in [4.69, 9.17) is 19.9 Å². The van der Waals surface area contributed by atoms with Crippen molar-refractivity contribution in [3.63, 3.8) is 0 Å². The Bertz CT molecular complexity index is 366. The molecule has 1 aromatic rings. The number of unbranched alkanes of at least 4 members (excludes halogenated alkanes) is 1. The van der Waals surface area contributed by atoms with Crippen molar-refractivity contribution in [2.24, 2.45) is 5.73 Å². The van der Waals surface area contributed by atoms with Crippen LogP contribution in [0.3, 0.4) is 0 Å². The summed E-state index contributed by atoms with van der Waals surface area (Å²) in [7, 11) is 3.26. The van der Waals surface area contributed by atoms with Crippen LogP contribution < -0.4 is 19.9 Å². The van der Waals surface area contributed by atoms with Crippen LogP contribution >= 0.6 is 0 Å². The maximum absolute atomic E-state index is 5.70. The number of aryl methyl sites for hydroxylation is 1. The van der Waals surface area contributed by atoms with E-state index in [0.717, 1.165) is 37.1 Å². The lowest BCUT2D eigenvalue weighted by Crippen LogP contribution is -2.03. The second-order valence-corrected chi connectivity index (χ2v) is 3.97. The highest BCUT2D eigenvalue weighted by molar-refractivity contribution is 5.55. The lowest BCUT2D eigenvalue weighted by Gasteiger charge is -2.16. The SMILES string of the molecule is CCOc1c(CCCCN)ccc(OC)c1OC. The molecule has 102 valence electrons. The third-order valence-corrected chi connectivity index (χ3v) is 2.77. The summed E-state index contributed by atoms with van der Waals surface area (Å²) in [6, 6.07) is 3.95. The molecular weight excluding hydrogens is 230 g/mol. The van der Waals surface area contributed by atoms with Gasteiger partial charge >= 0.3 is 0 Å². The lowest BCUT2D eigenvalue weighted by atomic mass is 10.1. The maximum Gasteiger partial charge on any atom is 0.203 e. The van der Waals surface area contributed by atoms with Crippen molar-refractivity contribution in [1.29, 1.82) is 0 Å². The molecule has 0 aliphatic rings. The number of benzene rings is 1. The van der Waals surface area contributed by atoms with Crippen molar-refractivity contribution in [3.05, 3.63) is 17.7 Å². The smallest absolute Gasteiger partial charge is 0.203 e. The summed E-state index contributed by atoms with van der Waals surface area (Å²) in [5.41, 5.74) is 6.66. The van der Waals surface area contributed by atoms with Gasteiger partial charge in [0.25, 0.3) is 0 Å². The Morgan fingerprint density at radius 1 is 1.06 bits per heavy atom. The average molecular weight is 253 g/mol. The first-order valence-electron chi connectivity index (χ1n) is 6.35. The van der Waals surface area contributed by atoms with Crippen LogP contribution in [0.15, 0.2) is 12.1 Å². The van der Waals surface area contributed by atoms with Crippen LogP contribution in [0.25, 0.3) is 0 Å². The Labute approximate surface area is 109 Å². The van der Waals surface area contributed by atoms with Gasteiger partial charge in [0.1, 0.15) is 0 Å². The first-order chi connectivity index (χ1) is 8.78. The van der Waals surface area contributed by atoms with Gasteiger partial charge in [-0.2, -0.15) is 0 Å². The predicted molar refractivity (Wildman–Crippen MR) is 72.7 cm³/mol. The molecule has 4 nitrogen and oxygen atoms in total. The highest BCUT2D eigenvalue weighted by Gasteiger charge is 2.15. The molecule has 0 atom stereocenters. The molecule has 1 rings (SSSR count). The summed E-state index contributed by atoms with van der Waals surface area (Å²) < 4.78 is 16.4. The summed E-state index contributed by atoms with van der Waals surface area (Å²) in [6.45, 7) is 3.28. The van der Waals surface area contributed by atoms with E-state index < -0.39 is 0 Å². The molecule has 0 spiro atoms. The van der Waals surface area contributed by atoms with Gasteiger partial charge in [0, 0.05) is 0 Å². The van der Waals surface area contributed by atoms with Crippen molar-refractivity contribution in [2.45, 2.75) is 26.2 Å². The van der Waals surface area contributed by atoms with Gasteiger partial charge in [-0.05, 0) is 44.4 Å². The Balaban J connectivity index is 3.00. The topological polar surface area (TPSA) is 53.7 Å². The minimum atomic E-state index is 0.605. The van der Waals surface area contributed by atoms with E-state index in [1.807, 2.05) is 19.1 Å². The van der Waals surface area contributed by atoms with E-state index >= 15 is 0 Å². The van der Waals surface area contributed by atoms with Crippen LogP contribution in [0.1, 0.15) is 25.3 Å². The number of methoxy groups -OCH3 is 2. The first-order valence-corrected chi connectivity index (χ1v) is 6.35. The highest BCUT2D eigenvalue weighted by Crippen LogP contribution is 2.40. The quantitative estimate of drug-likeness (QED) is 0.723. The molecule has 0 unspecified atom stereocenters. The van der Waals surface area contributed by atoms with E-state index in [1.54, 1.807) is 14.2 Å². The Morgan fingerprint density at radius 2 is 1.83 bits per heavy atom. The van der Waals surface area contributed by atoms with Crippen LogP contribution in [0.4, 0.5) is 0 Å². The molecular formula is C14H23NO3. The van der Waals surface area contributed by atoms with Gasteiger partial charge in [0.15, 0.2) is 11.5 Å². The number of hydrogen-bond acceptors (Lipinski definition) is 4. The molecule has 0 bridgehead atoms. The lowest BCUT2D eigenvalue weighted by molar-refractivity contribution is 0.293. The van der Waals surface area contributed by atoms with Crippen molar-refractivity contribution >= 4 is 0 Å². The minimum absolute atomic E-state index is 0.605. The van der Waals surface area contributed by atoms with Crippen molar-refractivity contribution in [3.8, 4) is 17.2 Å². The van der Waals surface area contributed by atoms with E-state index in [9.17, 15) is 0 Å². The van der Waals surface area contributed by atoms with Crippen molar-refractivity contribution in [2.75, 3.05) is 27.4 Å². The Morgan fingerprint density at radius 3 is 2.39 bits per heavy atom. The minimum Gasteiger partial charge on any atom is -0.493 e. The third-order valence-electron chi connectivity index (χ3n) is 2.77. The normalized spacial score (nSPS) is 10.2. The highest BCUT2D eigenvalue weighted by atomic mass is 16.5. The van der Waals surface area contributed by atoms with Gasteiger partial charge in [-0.15, -0.1) is 0 Å². The van der Waals surface area contributed by atoms with Gasteiger partial charge in [-0.25, -0.2) is 0 Å². The zero-order valence-electron chi connectivity index (χ0n) is 11.5. The number of hydrogen-bond donors (Lipinski definition) is 1. The fourth-order valence-electron chi connectivity index (χ4n) is 1.90. The largest absolute Gasteiger partial charge is 0.493 e. The molecule has 4 heteroatoms. The zero-order valence-corrected chi connectivity index (χ0v) is 11.5. The Hall–Kier alpha value is -1.42. The average Bonchev–Trinajstić information content (AvgIpc) is 2.40. The van der Waals surface area contributed by atoms with Crippen molar-refractivity contribution in [1.82, 2.24) is 0 Å². The molecule has 0 aliphatic heterocycles. The van der Waals surface area contributed by atoms with E-state index in [2.05, 4.69) is 0 Å². The fraction of sp³-hybridized carbons (Fsp3) is 0.571. The summed E-state index contributed by atoms with van der Waals surface area (Å²) >= 11 is 0. The van der Waals surface area contributed by atoms with Crippen molar-refractivity contribution < 1.29 is 14.2 Å². The third kappa shape index (κ3) is 3.53. The van der Waals surface area contributed by atoms with E-state index in [-0.39, 0.29) is 0 Å². The van der Waals surface area contributed by atoms with E-state index in [0.29, 0.717) is 18.1 Å². The molecule has 18 heavy (non-hydrogen) atoms. The molecule has 0 aliphatic carbocycles. The molecule has 1 aromatic carbocycles. The van der Waals surface area contributed by atoms with Crippen LogP contribution in [0.5, 0.6) is 17.2 Å². The summed E-state index contributed by atoms with van der Waals surface area (Å²) in [5, 5.41) is 0. The van der Waals surface area contributed by atoms with Gasteiger partial charge in [-0.1, -0.05) is 6.07 Å². The van der Waals surface area contributed by atoms with Crippen LogP contribution in [0.2, 0.25) is 0 Å². The molecule has 0 amide bonds. The van der Waals surface area contributed by atoms with E-state index in [1.165, 1.54) is 0 Å². The predicted octanol–water partition coefficient (Wildman–Crippen LogP) is 2.38. The molecule has 0 saturated carbocycles. The van der Waals surface area contributed by atoms with Gasteiger partial charge in [0.05, 0.1) is 20.8 Å². The van der Waals surface area contributed by atoms with Gasteiger partial charge in [0.2, 0.25) is 5.75 Å². The van der Waals surface area contributed by atoms with Crippen LogP contribution in [0, 0.1) is 0 Å². The summed E-state index contributed by atoms with van der Waals surface area (Å²) in [6.07, 6.45) is 3.00. The zero-order chi connectivity index (χ0) is 13.4. The first kappa shape index (κ1) is 14.6. The molecule has 2 N–H and O–H groups in total. The fourth-order valence-corrected chi connectivity index (χ4v) is 1.90. The van der Waals surface area contributed by atoms with Gasteiger partial charge in [-0.3, -0.25) is 0 Å². The Kier molecular flexibility index (Phi) is 6.36. The van der Waals surface area contributed by atoms with Gasteiger partial charge < -0.3 is 19.9 Å². The number of rotatable bonds is 8. The summed E-state index contributed by atoms with van der Waals surface area (Å²) in [5.74, 6) is 2.16. The molecule has 0 fully saturated rings. The monoisotopic (exact) mass is 253 g/mol. The number of ether oxygens (including phenoxy) is 3. The standard InChI is InChI=1S/C14H23NO3/c1-4-18-13-11(7-5-6-10-15)8-9-12(16-2)14(13)17-3/h8-9H,4-7,10,15H2,1-3H3. The molecule has 0 aromatic heterocycles. The number of nitrogens with two attached hydrogens (primary N) is 1. The molecule has 0 saturated heterocycles. The summed E-state index contributed by atoms with van der Waals surface area (Å²) in [4.78, 5) is 0. The van der Waals surface area contributed by atoms with Crippen LogP contribution in [-0.4, -0.2) is 27.4 Å². The molecule has 0 radical (unpaired) electrons.